The van der Waals surface area contributed by atoms with E-state index in [0.717, 1.165) is 5.56 Å². The molecular formula is C19H14ClNO4. The summed E-state index contributed by atoms with van der Waals surface area (Å²) in [5, 5.41) is 3.26. The first-order valence-electron chi connectivity index (χ1n) is 7.49. The van der Waals surface area contributed by atoms with Crippen molar-refractivity contribution >= 4 is 29.2 Å². The molecule has 0 bridgehead atoms. The van der Waals surface area contributed by atoms with Gasteiger partial charge in [-0.05, 0) is 42.0 Å². The van der Waals surface area contributed by atoms with Crippen LogP contribution in [-0.2, 0) is 11.3 Å². The van der Waals surface area contributed by atoms with Crippen LogP contribution in [0.15, 0.2) is 71.3 Å². The van der Waals surface area contributed by atoms with E-state index in [1.165, 1.54) is 12.3 Å². The zero-order valence-electron chi connectivity index (χ0n) is 13.1. The summed E-state index contributed by atoms with van der Waals surface area (Å²) in [6.07, 6.45) is 1.40. The summed E-state index contributed by atoms with van der Waals surface area (Å²) in [6, 6.07) is 16.8. The van der Waals surface area contributed by atoms with Crippen molar-refractivity contribution in [3.63, 3.8) is 0 Å². The summed E-state index contributed by atoms with van der Waals surface area (Å²) >= 11 is 5.83. The molecule has 3 aromatic rings. The summed E-state index contributed by atoms with van der Waals surface area (Å²) in [6.45, 7) is 0.108. The van der Waals surface area contributed by atoms with Crippen LogP contribution in [0.2, 0.25) is 5.02 Å². The molecule has 0 atom stereocenters. The fourth-order valence-corrected chi connectivity index (χ4v) is 2.30. The molecule has 1 amide bonds. The quantitative estimate of drug-likeness (QED) is 0.682. The second-order valence-electron chi connectivity index (χ2n) is 5.18. The van der Waals surface area contributed by atoms with Crippen molar-refractivity contribution in [2.45, 2.75) is 6.61 Å². The molecule has 0 unspecified atom stereocenters. The molecule has 0 aliphatic carbocycles. The number of amides is 1. The number of benzene rings is 2. The molecule has 5 nitrogen and oxygen atoms in total. The average Bonchev–Trinajstić information content (AvgIpc) is 3.16. The van der Waals surface area contributed by atoms with Gasteiger partial charge in [0.15, 0.2) is 5.76 Å². The standard InChI is InChI=1S/C19H14ClNO4/c20-14-9-7-13(8-10-14)12-25-19(23)15-4-1-2-5-16(15)21-18(22)17-6-3-11-24-17/h1-11H,12H2,(H,21,22). The zero-order valence-corrected chi connectivity index (χ0v) is 13.8. The molecule has 0 aliphatic heterocycles. The van der Waals surface area contributed by atoms with E-state index in [-0.39, 0.29) is 17.9 Å². The van der Waals surface area contributed by atoms with E-state index in [2.05, 4.69) is 5.32 Å². The largest absolute Gasteiger partial charge is 0.459 e. The molecule has 0 spiro atoms. The maximum absolute atomic E-state index is 12.4. The molecule has 0 saturated heterocycles. The molecule has 6 heteroatoms. The van der Waals surface area contributed by atoms with Gasteiger partial charge in [-0.3, -0.25) is 4.79 Å². The molecule has 25 heavy (non-hydrogen) atoms. The van der Waals surface area contributed by atoms with Crippen molar-refractivity contribution in [1.82, 2.24) is 0 Å². The topological polar surface area (TPSA) is 68.5 Å². The molecule has 0 fully saturated rings. The van der Waals surface area contributed by atoms with E-state index in [1.807, 2.05) is 0 Å². The molecule has 0 radical (unpaired) electrons. The summed E-state index contributed by atoms with van der Waals surface area (Å²) < 4.78 is 10.4. The predicted molar refractivity (Wildman–Crippen MR) is 93.7 cm³/mol. The van der Waals surface area contributed by atoms with Crippen LogP contribution in [0.25, 0.3) is 0 Å². The fourth-order valence-electron chi connectivity index (χ4n) is 2.17. The van der Waals surface area contributed by atoms with Gasteiger partial charge < -0.3 is 14.5 Å². The minimum absolute atomic E-state index is 0.108. The van der Waals surface area contributed by atoms with E-state index in [4.69, 9.17) is 20.8 Å². The Morgan fingerprint density at radius 1 is 1.00 bits per heavy atom. The normalized spacial score (nSPS) is 10.3. The number of carbonyl (C=O) groups excluding carboxylic acids is 2. The van der Waals surface area contributed by atoms with Gasteiger partial charge in [-0.25, -0.2) is 4.79 Å². The van der Waals surface area contributed by atoms with E-state index in [0.29, 0.717) is 10.7 Å². The van der Waals surface area contributed by atoms with Crippen molar-refractivity contribution in [3.05, 3.63) is 88.8 Å². The number of para-hydroxylation sites is 1. The molecule has 0 saturated carbocycles. The number of hydrogen-bond acceptors (Lipinski definition) is 4. The predicted octanol–water partition coefficient (Wildman–Crippen LogP) is 4.54. The minimum Gasteiger partial charge on any atom is -0.459 e. The Bertz CT molecular complexity index is 873. The zero-order chi connectivity index (χ0) is 17.6. The van der Waals surface area contributed by atoms with Crippen molar-refractivity contribution in [2.24, 2.45) is 0 Å². The van der Waals surface area contributed by atoms with Crippen LogP contribution < -0.4 is 5.32 Å². The van der Waals surface area contributed by atoms with Crippen LogP contribution in [0.3, 0.4) is 0 Å². The summed E-state index contributed by atoms with van der Waals surface area (Å²) in [5.74, 6) is -0.822. The monoisotopic (exact) mass is 355 g/mol. The molecule has 1 aromatic heterocycles. The molecule has 126 valence electrons. The first-order chi connectivity index (χ1) is 12.1. The minimum atomic E-state index is -0.537. The number of hydrogen-bond donors (Lipinski definition) is 1. The van der Waals surface area contributed by atoms with Gasteiger partial charge in [-0.15, -0.1) is 0 Å². The lowest BCUT2D eigenvalue weighted by Gasteiger charge is -2.10. The summed E-state index contributed by atoms with van der Waals surface area (Å²) in [7, 11) is 0. The third kappa shape index (κ3) is 4.28. The van der Waals surface area contributed by atoms with Crippen molar-refractivity contribution < 1.29 is 18.7 Å². The third-order valence-electron chi connectivity index (χ3n) is 3.42. The Morgan fingerprint density at radius 3 is 2.48 bits per heavy atom. The maximum Gasteiger partial charge on any atom is 0.340 e. The van der Waals surface area contributed by atoms with Crippen molar-refractivity contribution in [1.29, 1.82) is 0 Å². The summed E-state index contributed by atoms with van der Waals surface area (Å²) in [4.78, 5) is 24.4. The van der Waals surface area contributed by atoms with Crippen LogP contribution in [0.5, 0.6) is 0 Å². The van der Waals surface area contributed by atoms with Gasteiger partial charge in [0.2, 0.25) is 0 Å². The molecular weight excluding hydrogens is 342 g/mol. The van der Waals surface area contributed by atoms with Gasteiger partial charge in [0, 0.05) is 5.02 Å². The average molecular weight is 356 g/mol. The van der Waals surface area contributed by atoms with Gasteiger partial charge in [-0.2, -0.15) is 0 Å². The van der Waals surface area contributed by atoms with Gasteiger partial charge in [0.1, 0.15) is 6.61 Å². The number of carbonyl (C=O) groups is 2. The SMILES string of the molecule is O=C(Nc1ccccc1C(=O)OCc1ccc(Cl)cc1)c1ccco1. The van der Waals surface area contributed by atoms with Crippen LogP contribution in [0.1, 0.15) is 26.5 Å². The lowest BCUT2D eigenvalue weighted by atomic mass is 10.1. The highest BCUT2D eigenvalue weighted by Crippen LogP contribution is 2.19. The maximum atomic E-state index is 12.4. The highest BCUT2D eigenvalue weighted by molar-refractivity contribution is 6.30. The highest BCUT2D eigenvalue weighted by atomic mass is 35.5. The van der Waals surface area contributed by atoms with Crippen LogP contribution in [-0.4, -0.2) is 11.9 Å². The first-order valence-corrected chi connectivity index (χ1v) is 7.87. The number of halogens is 1. The van der Waals surface area contributed by atoms with Crippen molar-refractivity contribution in [2.75, 3.05) is 5.32 Å². The smallest absolute Gasteiger partial charge is 0.340 e. The highest BCUT2D eigenvalue weighted by Gasteiger charge is 2.16. The molecule has 1 heterocycles. The Kier molecular flexibility index (Phi) is 5.16. The number of anilines is 1. The van der Waals surface area contributed by atoms with E-state index in [1.54, 1.807) is 54.6 Å². The second-order valence-corrected chi connectivity index (χ2v) is 5.62. The summed E-state index contributed by atoms with van der Waals surface area (Å²) in [5.41, 5.74) is 1.43. The lowest BCUT2D eigenvalue weighted by molar-refractivity contribution is 0.0474. The number of ether oxygens (including phenoxy) is 1. The Labute approximate surface area is 149 Å². The second kappa shape index (κ2) is 7.68. The number of nitrogens with one attached hydrogen (secondary N) is 1. The molecule has 0 aliphatic rings. The van der Waals surface area contributed by atoms with E-state index >= 15 is 0 Å². The van der Waals surface area contributed by atoms with Crippen molar-refractivity contribution in [3.8, 4) is 0 Å². The van der Waals surface area contributed by atoms with E-state index < -0.39 is 11.9 Å². The fraction of sp³-hybridized carbons (Fsp3) is 0.0526. The van der Waals surface area contributed by atoms with Gasteiger partial charge in [0.05, 0.1) is 17.5 Å². The van der Waals surface area contributed by atoms with Gasteiger partial charge in [0.25, 0.3) is 5.91 Å². The molecule has 1 N–H and O–H groups in total. The Morgan fingerprint density at radius 2 is 1.76 bits per heavy atom. The van der Waals surface area contributed by atoms with Gasteiger partial charge in [-0.1, -0.05) is 35.9 Å². The van der Waals surface area contributed by atoms with Crippen LogP contribution in [0, 0.1) is 0 Å². The number of furan rings is 1. The number of rotatable bonds is 5. The lowest BCUT2D eigenvalue weighted by Crippen LogP contribution is -2.15. The van der Waals surface area contributed by atoms with E-state index in [9.17, 15) is 9.59 Å². The third-order valence-corrected chi connectivity index (χ3v) is 3.68. The van der Waals surface area contributed by atoms with Gasteiger partial charge >= 0.3 is 5.97 Å². The molecule has 2 aromatic carbocycles. The van der Waals surface area contributed by atoms with Crippen LogP contribution in [0.4, 0.5) is 5.69 Å². The number of esters is 1. The Balaban J connectivity index is 1.70. The first kappa shape index (κ1) is 16.8. The molecule has 3 rings (SSSR count). The van der Waals surface area contributed by atoms with Crippen LogP contribution >= 0.6 is 11.6 Å². The Hall–Kier alpha value is -3.05.